The Bertz CT molecular complexity index is 477. The molecule has 0 spiro atoms. The minimum absolute atomic E-state index is 0.160. The van der Waals surface area contributed by atoms with E-state index in [1.807, 2.05) is 0 Å². The molecule has 0 bridgehead atoms. The van der Waals surface area contributed by atoms with Gasteiger partial charge in [0.15, 0.2) is 0 Å². The molecule has 104 valence electrons. The molecule has 0 N–H and O–H groups in total. The molecule has 0 saturated carbocycles. The molecule has 0 aromatic carbocycles. The van der Waals surface area contributed by atoms with Crippen molar-refractivity contribution in [3.63, 3.8) is 0 Å². The summed E-state index contributed by atoms with van der Waals surface area (Å²) in [7, 11) is 1.61. The number of hydrogen-bond acceptors (Lipinski definition) is 4. The summed E-state index contributed by atoms with van der Waals surface area (Å²) in [5, 5.41) is 0.362. The van der Waals surface area contributed by atoms with Crippen LogP contribution in [0.5, 0.6) is 0 Å². The van der Waals surface area contributed by atoms with E-state index < -0.39 is 0 Å². The first-order valence-corrected chi connectivity index (χ1v) is 6.36. The smallest absolute Gasteiger partial charge is 0.307 e. The lowest BCUT2D eigenvalue weighted by molar-refractivity contribution is -0.143. The van der Waals surface area contributed by atoms with Crippen LogP contribution in [0.2, 0.25) is 5.02 Å². The van der Waals surface area contributed by atoms with E-state index in [-0.39, 0.29) is 24.8 Å². The summed E-state index contributed by atoms with van der Waals surface area (Å²) in [5.41, 5.74) is 1.08. The topological polar surface area (TPSA) is 59.5 Å². The number of hydrogen-bond donors (Lipinski definition) is 0. The average Bonchev–Trinajstić information content (AvgIpc) is 2.35. The van der Waals surface area contributed by atoms with Gasteiger partial charge in [0.2, 0.25) is 0 Å². The monoisotopic (exact) mass is 284 g/mol. The van der Waals surface area contributed by atoms with E-state index >= 15 is 0 Å². The van der Waals surface area contributed by atoms with Crippen LogP contribution in [0.4, 0.5) is 0 Å². The number of nitrogens with zero attached hydrogens (tertiary/aromatic N) is 2. The highest BCUT2D eigenvalue weighted by atomic mass is 35.5. The van der Waals surface area contributed by atoms with Gasteiger partial charge >= 0.3 is 5.97 Å². The van der Waals surface area contributed by atoms with E-state index in [0.717, 1.165) is 5.69 Å². The number of amides is 1. The number of esters is 1. The SMILES string of the molecule is CCOC(=O)CCN(C)C(=O)c1cnc(C)cc1Cl. The molecule has 1 aromatic rings. The summed E-state index contributed by atoms with van der Waals surface area (Å²) in [6.07, 6.45) is 1.61. The van der Waals surface area contributed by atoms with Crippen molar-refractivity contribution >= 4 is 23.5 Å². The lowest BCUT2D eigenvalue weighted by atomic mass is 10.2. The Hall–Kier alpha value is -1.62. The summed E-state index contributed by atoms with van der Waals surface area (Å²) in [5.74, 6) is -0.586. The first-order chi connectivity index (χ1) is 8.95. The number of ether oxygens (including phenoxy) is 1. The second-order valence-corrected chi connectivity index (χ2v) is 4.49. The Morgan fingerprint density at radius 1 is 1.47 bits per heavy atom. The van der Waals surface area contributed by atoms with Gasteiger partial charge < -0.3 is 9.64 Å². The highest BCUT2D eigenvalue weighted by Gasteiger charge is 2.16. The first-order valence-electron chi connectivity index (χ1n) is 5.99. The molecule has 0 aliphatic heterocycles. The third-order valence-electron chi connectivity index (χ3n) is 2.52. The van der Waals surface area contributed by atoms with Crippen molar-refractivity contribution in [3.05, 3.63) is 28.5 Å². The van der Waals surface area contributed by atoms with Crippen molar-refractivity contribution in [1.82, 2.24) is 9.88 Å². The summed E-state index contributed by atoms with van der Waals surface area (Å²) in [6, 6.07) is 1.63. The molecule has 6 heteroatoms. The predicted octanol–water partition coefficient (Wildman–Crippen LogP) is 2.07. The van der Waals surface area contributed by atoms with Gasteiger partial charge in [0.1, 0.15) is 0 Å². The third-order valence-corrected chi connectivity index (χ3v) is 2.84. The normalized spacial score (nSPS) is 10.1. The Morgan fingerprint density at radius 2 is 2.16 bits per heavy atom. The second kappa shape index (κ2) is 7.09. The molecule has 1 rings (SSSR count). The van der Waals surface area contributed by atoms with Gasteiger partial charge in [-0.05, 0) is 19.9 Å². The zero-order valence-electron chi connectivity index (χ0n) is 11.3. The fourth-order valence-electron chi connectivity index (χ4n) is 1.48. The minimum Gasteiger partial charge on any atom is -0.466 e. The van der Waals surface area contributed by atoms with Crippen LogP contribution in [0.1, 0.15) is 29.4 Å². The highest BCUT2D eigenvalue weighted by Crippen LogP contribution is 2.17. The largest absolute Gasteiger partial charge is 0.466 e. The number of pyridine rings is 1. The van der Waals surface area contributed by atoms with Crippen LogP contribution >= 0.6 is 11.6 Å². The standard InChI is InChI=1S/C13H17ClN2O3/c1-4-19-12(17)5-6-16(3)13(18)10-8-15-9(2)7-11(10)14/h7-8H,4-6H2,1-3H3. The molecule has 1 aromatic heterocycles. The van der Waals surface area contributed by atoms with Gasteiger partial charge in [-0.15, -0.1) is 0 Å². The lowest BCUT2D eigenvalue weighted by Crippen LogP contribution is -2.29. The first kappa shape index (κ1) is 15.4. The van der Waals surface area contributed by atoms with Crippen molar-refractivity contribution < 1.29 is 14.3 Å². The maximum Gasteiger partial charge on any atom is 0.307 e. The van der Waals surface area contributed by atoms with Crippen LogP contribution in [0.3, 0.4) is 0 Å². The van der Waals surface area contributed by atoms with Crippen molar-refractivity contribution in [2.45, 2.75) is 20.3 Å². The van der Waals surface area contributed by atoms with Crippen molar-refractivity contribution in [2.75, 3.05) is 20.2 Å². The summed E-state index contributed by atoms with van der Waals surface area (Å²) in [4.78, 5) is 28.8. The van der Waals surface area contributed by atoms with Crippen LogP contribution in [0, 0.1) is 6.92 Å². The van der Waals surface area contributed by atoms with Crippen LogP contribution in [0.15, 0.2) is 12.3 Å². The third kappa shape index (κ3) is 4.52. The van der Waals surface area contributed by atoms with E-state index in [1.165, 1.54) is 11.1 Å². The van der Waals surface area contributed by atoms with Crippen LogP contribution in [0.25, 0.3) is 0 Å². The molecule has 0 radical (unpaired) electrons. The molecule has 19 heavy (non-hydrogen) atoms. The van der Waals surface area contributed by atoms with Crippen LogP contribution in [-0.4, -0.2) is 42.0 Å². The number of aromatic nitrogens is 1. The molecule has 1 heterocycles. The molecule has 0 unspecified atom stereocenters. The maximum atomic E-state index is 12.1. The molecule has 0 aliphatic rings. The van der Waals surface area contributed by atoms with E-state index in [2.05, 4.69) is 4.98 Å². The fraction of sp³-hybridized carbons (Fsp3) is 0.462. The zero-order chi connectivity index (χ0) is 14.4. The molecule has 1 amide bonds. The Balaban J connectivity index is 2.64. The number of halogens is 1. The molecule has 0 fully saturated rings. The second-order valence-electron chi connectivity index (χ2n) is 4.09. The van der Waals surface area contributed by atoms with Gasteiger partial charge in [0.25, 0.3) is 5.91 Å². The zero-order valence-corrected chi connectivity index (χ0v) is 12.0. The van der Waals surface area contributed by atoms with Gasteiger partial charge in [-0.3, -0.25) is 14.6 Å². The van der Waals surface area contributed by atoms with Crippen LogP contribution in [-0.2, 0) is 9.53 Å². The number of carbonyl (C=O) groups excluding carboxylic acids is 2. The van der Waals surface area contributed by atoms with E-state index in [0.29, 0.717) is 17.2 Å². The molecular weight excluding hydrogens is 268 g/mol. The number of aryl methyl sites for hydroxylation is 1. The molecular formula is C13H17ClN2O3. The summed E-state index contributed by atoms with van der Waals surface area (Å²) in [6.45, 7) is 4.15. The quantitative estimate of drug-likeness (QED) is 0.777. The fourth-order valence-corrected chi connectivity index (χ4v) is 1.77. The minimum atomic E-state index is -0.324. The Morgan fingerprint density at radius 3 is 2.74 bits per heavy atom. The molecule has 5 nitrogen and oxygen atoms in total. The van der Waals surface area contributed by atoms with E-state index in [9.17, 15) is 9.59 Å². The van der Waals surface area contributed by atoms with Gasteiger partial charge in [0.05, 0.1) is 23.6 Å². The Kier molecular flexibility index (Phi) is 5.76. The van der Waals surface area contributed by atoms with Gasteiger partial charge in [-0.2, -0.15) is 0 Å². The van der Waals surface area contributed by atoms with Crippen molar-refractivity contribution in [3.8, 4) is 0 Å². The molecule has 0 saturated heterocycles. The predicted molar refractivity (Wildman–Crippen MR) is 72.2 cm³/mol. The summed E-state index contributed by atoms with van der Waals surface area (Å²) < 4.78 is 4.80. The maximum absolute atomic E-state index is 12.1. The van der Waals surface area contributed by atoms with Gasteiger partial charge in [-0.25, -0.2) is 0 Å². The summed E-state index contributed by atoms with van der Waals surface area (Å²) >= 11 is 6.00. The number of carbonyl (C=O) groups is 2. The lowest BCUT2D eigenvalue weighted by Gasteiger charge is -2.17. The Labute approximate surface area is 117 Å². The van der Waals surface area contributed by atoms with E-state index in [4.69, 9.17) is 16.3 Å². The average molecular weight is 285 g/mol. The van der Waals surface area contributed by atoms with E-state index in [1.54, 1.807) is 27.0 Å². The molecule has 0 atom stereocenters. The van der Waals surface area contributed by atoms with Crippen molar-refractivity contribution in [1.29, 1.82) is 0 Å². The van der Waals surface area contributed by atoms with Gasteiger partial charge in [0, 0.05) is 25.5 Å². The molecule has 0 aliphatic carbocycles. The van der Waals surface area contributed by atoms with Crippen molar-refractivity contribution in [2.24, 2.45) is 0 Å². The highest BCUT2D eigenvalue weighted by molar-refractivity contribution is 6.33. The van der Waals surface area contributed by atoms with Crippen LogP contribution < -0.4 is 0 Å². The number of rotatable bonds is 5. The van der Waals surface area contributed by atoms with Gasteiger partial charge in [-0.1, -0.05) is 11.6 Å².